The van der Waals surface area contributed by atoms with Gasteiger partial charge >= 0.3 is 0 Å². The van der Waals surface area contributed by atoms with Crippen LogP contribution in [0.4, 0.5) is 0 Å². The third-order valence-corrected chi connectivity index (χ3v) is 6.39. The molecule has 40 heavy (non-hydrogen) atoms. The van der Waals surface area contributed by atoms with E-state index >= 15 is 0 Å². The van der Waals surface area contributed by atoms with Crippen molar-refractivity contribution in [2.45, 2.75) is 13.8 Å². The van der Waals surface area contributed by atoms with Crippen LogP contribution >= 0.6 is 0 Å². The zero-order valence-corrected chi connectivity index (χ0v) is 24.1. The molecule has 0 bridgehead atoms. The molecule has 4 aromatic heterocycles. The molecule has 0 spiro atoms. The Morgan fingerprint density at radius 3 is 2.35 bits per heavy atom. The maximum Gasteiger partial charge on any atom is 0.216 e. The summed E-state index contributed by atoms with van der Waals surface area (Å²) < 4.78 is 37.9. The number of pyridine rings is 3. The summed E-state index contributed by atoms with van der Waals surface area (Å²) in [4.78, 5) is 13.0. The molecule has 0 aliphatic heterocycles. The molecule has 0 amide bonds. The van der Waals surface area contributed by atoms with Crippen LogP contribution in [0.3, 0.4) is 0 Å². The second-order valence-electron chi connectivity index (χ2n) is 8.95. The number of nitrogens with zero attached hydrogens (tertiary/aromatic N) is 3. The fourth-order valence-corrected chi connectivity index (χ4v) is 4.58. The van der Waals surface area contributed by atoms with Crippen LogP contribution in [0.1, 0.15) is 16.6 Å². The van der Waals surface area contributed by atoms with Crippen LogP contribution in [0.2, 0.25) is 0 Å². The summed E-state index contributed by atoms with van der Waals surface area (Å²) in [6.07, 6.45) is 1.43. The minimum absolute atomic E-state index is 0. The van der Waals surface area contributed by atoms with Gasteiger partial charge in [-0.1, -0.05) is 53.4 Å². The molecule has 7 rings (SSSR count). The van der Waals surface area contributed by atoms with Gasteiger partial charge in [-0.3, -0.25) is 0 Å². The standard InChI is InChI=1S/C24H17N2O.C11H8N.Ir/c1-15-7-5-8-16(2)22(15)21-13-12-18-17-9-6-10-19(20-11-3-4-14-25-20)23(17)27-24(18)26-21;1-2-6-10(7-3-1)11-8-4-5-9-12-11;/h3-9,11-14H,1-2H3;1-6,8-9H;/q2*-1;/i3D,4D,11D,14D;;. The van der Waals surface area contributed by atoms with Gasteiger partial charge < -0.3 is 14.4 Å². The Bertz CT molecular complexity index is 2040. The maximum atomic E-state index is 8.24. The fraction of sp³-hybridized carbons (Fsp3) is 0.0571. The third-order valence-electron chi connectivity index (χ3n) is 6.39. The first kappa shape index (κ1) is 22.4. The van der Waals surface area contributed by atoms with Crippen molar-refractivity contribution in [3.63, 3.8) is 0 Å². The van der Waals surface area contributed by atoms with E-state index in [9.17, 15) is 0 Å². The minimum Gasteiger partial charge on any atom is -0.486 e. The first-order valence-corrected chi connectivity index (χ1v) is 12.5. The molecule has 0 saturated heterocycles. The molecule has 4 heterocycles. The topological polar surface area (TPSA) is 51.8 Å². The Kier molecular flexibility index (Phi) is 6.81. The second kappa shape index (κ2) is 12.2. The summed E-state index contributed by atoms with van der Waals surface area (Å²) in [6.45, 7) is 4.10. The van der Waals surface area contributed by atoms with Gasteiger partial charge in [0.05, 0.1) is 16.8 Å². The van der Waals surface area contributed by atoms with Crippen molar-refractivity contribution in [3.05, 3.63) is 139 Å². The zero-order chi connectivity index (χ0) is 30.1. The molecule has 0 unspecified atom stereocenters. The van der Waals surface area contributed by atoms with Gasteiger partial charge in [-0.05, 0) is 60.6 Å². The first-order valence-electron chi connectivity index (χ1n) is 14.5. The molecule has 5 heteroatoms. The average Bonchev–Trinajstić information content (AvgIpc) is 3.41. The first-order chi connectivity index (χ1) is 20.8. The van der Waals surface area contributed by atoms with Crippen molar-refractivity contribution in [2.24, 2.45) is 0 Å². The number of furan rings is 1. The summed E-state index contributed by atoms with van der Waals surface area (Å²) in [5.41, 5.74) is 7.53. The summed E-state index contributed by atoms with van der Waals surface area (Å²) in [5, 5.41) is 1.61. The summed E-state index contributed by atoms with van der Waals surface area (Å²) >= 11 is 0. The van der Waals surface area contributed by atoms with E-state index in [2.05, 4.69) is 22.1 Å². The van der Waals surface area contributed by atoms with Crippen molar-refractivity contribution in [1.82, 2.24) is 15.0 Å². The number of benzene rings is 3. The van der Waals surface area contributed by atoms with Gasteiger partial charge in [0.2, 0.25) is 5.71 Å². The molecule has 0 aliphatic carbocycles. The number of hydrogen-bond donors (Lipinski definition) is 0. The van der Waals surface area contributed by atoms with Crippen LogP contribution in [0.25, 0.3) is 55.8 Å². The molecule has 197 valence electrons. The van der Waals surface area contributed by atoms with Crippen molar-refractivity contribution in [1.29, 1.82) is 0 Å². The second-order valence-corrected chi connectivity index (χ2v) is 8.95. The summed E-state index contributed by atoms with van der Waals surface area (Å²) in [6, 6.07) is 32.5. The van der Waals surface area contributed by atoms with Crippen LogP contribution in [0.5, 0.6) is 0 Å². The predicted octanol–water partition coefficient (Wildman–Crippen LogP) is 8.67. The monoisotopic (exact) mass is 700 g/mol. The number of aromatic nitrogens is 3. The van der Waals surface area contributed by atoms with Crippen LogP contribution in [-0.4, -0.2) is 15.0 Å². The van der Waals surface area contributed by atoms with E-state index < -0.39 is 0 Å². The molecule has 7 aromatic rings. The third kappa shape index (κ3) is 5.48. The molecule has 0 aliphatic rings. The number of rotatable bonds is 3. The van der Waals surface area contributed by atoms with Crippen molar-refractivity contribution >= 4 is 22.1 Å². The van der Waals surface area contributed by atoms with Crippen LogP contribution in [0, 0.1) is 26.0 Å². The Balaban J connectivity index is 0.000000248. The number of hydrogen-bond acceptors (Lipinski definition) is 4. The normalized spacial score (nSPS) is 11.9. The molecule has 0 atom stereocenters. The summed E-state index contributed by atoms with van der Waals surface area (Å²) in [7, 11) is 0. The Morgan fingerprint density at radius 1 is 0.725 bits per heavy atom. The van der Waals surface area contributed by atoms with Gasteiger partial charge in [0.15, 0.2) is 0 Å². The Morgan fingerprint density at radius 2 is 1.57 bits per heavy atom. The smallest absolute Gasteiger partial charge is 0.216 e. The summed E-state index contributed by atoms with van der Waals surface area (Å²) in [5.74, 6) is 0. The van der Waals surface area contributed by atoms with Gasteiger partial charge in [-0.15, -0.1) is 54.1 Å². The van der Waals surface area contributed by atoms with E-state index in [4.69, 9.17) is 14.9 Å². The SMILES string of the molecule is [2H]c1nc(-c2[c-]ccc3c2oc2nc(-c4c(C)cccc4C)ccc23)c([2H])c([2H])c1[2H].[Ir].[c-]1ccccc1-c1ccccn1. The predicted molar refractivity (Wildman–Crippen MR) is 157 cm³/mol. The minimum atomic E-state index is -0.370. The van der Waals surface area contributed by atoms with Gasteiger partial charge in [0.1, 0.15) is 0 Å². The van der Waals surface area contributed by atoms with Gasteiger partial charge in [0, 0.05) is 43.4 Å². The molecular weight excluding hydrogens is 671 g/mol. The van der Waals surface area contributed by atoms with Crippen molar-refractivity contribution < 1.29 is 30.0 Å². The fourth-order valence-electron chi connectivity index (χ4n) is 4.58. The largest absolute Gasteiger partial charge is 0.486 e. The van der Waals surface area contributed by atoms with E-state index in [-0.39, 0.29) is 50.1 Å². The van der Waals surface area contributed by atoms with Crippen LogP contribution in [-0.2, 0) is 20.1 Å². The van der Waals surface area contributed by atoms with E-state index in [1.807, 2.05) is 92.7 Å². The van der Waals surface area contributed by atoms with Gasteiger partial charge in [-0.2, -0.15) is 0 Å². The Hall–Kier alpha value is -4.44. The van der Waals surface area contributed by atoms with E-state index in [0.717, 1.165) is 44.4 Å². The van der Waals surface area contributed by atoms with Gasteiger partial charge in [0.25, 0.3) is 0 Å². The average molecular weight is 700 g/mol. The quantitative estimate of drug-likeness (QED) is 0.173. The number of aryl methyl sites for hydroxylation is 2. The molecule has 3 aromatic carbocycles. The maximum absolute atomic E-state index is 8.24. The Labute approximate surface area is 252 Å². The van der Waals surface area contributed by atoms with Gasteiger partial charge in [-0.25, -0.2) is 4.98 Å². The molecule has 4 nitrogen and oxygen atoms in total. The number of fused-ring (bicyclic) bond motifs is 3. The van der Waals surface area contributed by atoms with E-state index in [1.54, 1.807) is 12.3 Å². The van der Waals surface area contributed by atoms with E-state index in [0.29, 0.717) is 16.9 Å². The van der Waals surface area contributed by atoms with Crippen molar-refractivity contribution in [3.8, 4) is 33.8 Å². The molecule has 0 N–H and O–H groups in total. The zero-order valence-electron chi connectivity index (χ0n) is 25.7. The molecule has 1 radical (unpaired) electrons. The van der Waals surface area contributed by atoms with Crippen LogP contribution < -0.4 is 0 Å². The van der Waals surface area contributed by atoms with Crippen molar-refractivity contribution in [2.75, 3.05) is 0 Å². The molecule has 0 saturated carbocycles. The van der Waals surface area contributed by atoms with E-state index in [1.165, 1.54) is 0 Å². The molecular formula is C35H25IrN3O-2. The van der Waals surface area contributed by atoms with Crippen LogP contribution in [0.15, 0.2) is 120 Å². The molecule has 0 fully saturated rings.